The van der Waals surface area contributed by atoms with Crippen LogP contribution in [0.1, 0.15) is 125 Å². The molecule has 4 aliphatic heterocycles. The van der Waals surface area contributed by atoms with Gasteiger partial charge >= 0.3 is 0 Å². The Hall–Kier alpha value is -7.06. The number of fused-ring (bicyclic) bond motifs is 2. The molecule has 0 saturated carbocycles. The summed E-state index contributed by atoms with van der Waals surface area (Å²) in [5, 5.41) is 23.9. The van der Waals surface area contributed by atoms with Crippen molar-refractivity contribution in [3.8, 4) is 11.5 Å². The summed E-state index contributed by atoms with van der Waals surface area (Å²) in [6.45, 7) is 15.1. The van der Waals surface area contributed by atoms with E-state index in [1.807, 2.05) is 90.1 Å². The number of carbonyl (C=O) groups excluding carboxylic acids is 8. The minimum atomic E-state index is -1.01. The average Bonchev–Trinajstić information content (AvgIpc) is 4.03. The maximum absolute atomic E-state index is 14.6. The summed E-state index contributed by atoms with van der Waals surface area (Å²) < 4.78 is 11.6. The number of carbonyl (C=O) groups is 8. The van der Waals surface area contributed by atoms with Gasteiger partial charge in [-0.1, -0.05) is 77.9 Å². The summed E-state index contributed by atoms with van der Waals surface area (Å²) in [4.78, 5) is 115. The van der Waals surface area contributed by atoms with Gasteiger partial charge in [0.1, 0.15) is 35.7 Å². The Morgan fingerprint density at radius 3 is 1.22 bits per heavy atom. The SMILES string of the molecule is CN[C@@H](C)C(=O)N[C@H](C(=O)N1CC(NC(=O)c2ccc(C(=O)N[C@H]3C[C@@H](C(=O)N[C@@H]4CCOc5ccccc54)N(C(=O)[C@@H](NC(=O)[C@H](C)NC)C(C)(C)C)C3)cc2)C[C@H]1C(=O)N[C@@H]1CCOc2ccccc21)C(C)(C)C. The molecular formula is C56H76N10O10. The van der Waals surface area contributed by atoms with Gasteiger partial charge in [-0.3, -0.25) is 38.4 Å². The summed E-state index contributed by atoms with van der Waals surface area (Å²) in [7, 11) is 3.29. The molecule has 0 aromatic heterocycles. The lowest BCUT2D eigenvalue weighted by Gasteiger charge is -2.36. The number of benzene rings is 3. The first kappa shape index (κ1) is 56.7. The smallest absolute Gasteiger partial charge is 0.251 e. The van der Waals surface area contributed by atoms with Crippen LogP contribution in [0.5, 0.6) is 11.5 Å². The van der Waals surface area contributed by atoms with Crippen LogP contribution in [0.2, 0.25) is 0 Å². The van der Waals surface area contributed by atoms with E-state index in [1.54, 1.807) is 27.9 Å². The molecule has 20 heteroatoms. The second-order valence-corrected chi connectivity index (χ2v) is 22.5. The number of rotatable bonds is 16. The highest BCUT2D eigenvalue weighted by molar-refractivity contribution is 5.99. The Morgan fingerprint density at radius 1 is 0.526 bits per heavy atom. The Labute approximate surface area is 445 Å². The lowest BCUT2D eigenvalue weighted by molar-refractivity contribution is -0.144. The molecule has 10 atom stereocenters. The van der Waals surface area contributed by atoms with Crippen LogP contribution in [-0.4, -0.2) is 146 Å². The van der Waals surface area contributed by atoms with E-state index in [2.05, 4.69) is 42.5 Å². The van der Waals surface area contributed by atoms with Gasteiger partial charge in [0, 0.05) is 60.3 Å². The van der Waals surface area contributed by atoms with Crippen molar-refractivity contribution >= 4 is 47.3 Å². The normalized spacial score (nSPS) is 22.7. The zero-order valence-electron chi connectivity index (χ0n) is 45.3. The minimum Gasteiger partial charge on any atom is -0.493 e. The number of nitrogens with zero attached hydrogens (tertiary/aromatic N) is 2. The predicted molar refractivity (Wildman–Crippen MR) is 284 cm³/mol. The summed E-state index contributed by atoms with van der Waals surface area (Å²) >= 11 is 0. The second kappa shape index (κ2) is 23.9. The Morgan fingerprint density at radius 2 is 0.882 bits per heavy atom. The van der Waals surface area contributed by atoms with Crippen LogP contribution in [0.3, 0.4) is 0 Å². The van der Waals surface area contributed by atoms with Gasteiger partial charge in [0.05, 0.1) is 37.4 Å². The van der Waals surface area contributed by atoms with Gasteiger partial charge in [0.15, 0.2) is 0 Å². The van der Waals surface area contributed by atoms with Gasteiger partial charge < -0.3 is 61.8 Å². The number of hydrogen-bond donors (Lipinski definition) is 8. The Balaban J connectivity index is 1.06. The number of amides is 8. The van der Waals surface area contributed by atoms with Crippen molar-refractivity contribution in [1.82, 2.24) is 52.3 Å². The summed E-state index contributed by atoms with van der Waals surface area (Å²) in [5.41, 5.74) is 0.564. The van der Waals surface area contributed by atoms with Crippen LogP contribution in [-0.2, 0) is 28.8 Å². The molecule has 1 unspecified atom stereocenters. The second-order valence-electron chi connectivity index (χ2n) is 22.5. The van der Waals surface area contributed by atoms with Gasteiger partial charge in [-0.15, -0.1) is 0 Å². The molecule has 0 radical (unpaired) electrons. The first-order valence-corrected chi connectivity index (χ1v) is 26.3. The van der Waals surface area contributed by atoms with Gasteiger partial charge in [-0.25, -0.2) is 0 Å². The fourth-order valence-electron chi connectivity index (χ4n) is 10.1. The Bertz CT molecular complexity index is 2470. The third-order valence-electron chi connectivity index (χ3n) is 14.9. The molecule has 2 saturated heterocycles. The molecule has 20 nitrogen and oxygen atoms in total. The number of para-hydroxylation sites is 2. The van der Waals surface area contributed by atoms with Gasteiger partial charge in [-0.05, 0) is 88.0 Å². The van der Waals surface area contributed by atoms with Crippen molar-refractivity contribution in [1.29, 1.82) is 0 Å². The molecule has 2 fully saturated rings. The van der Waals surface area contributed by atoms with Crippen LogP contribution < -0.4 is 52.0 Å². The summed E-state index contributed by atoms with van der Waals surface area (Å²) in [6, 6.07) is 13.6. The standard InChI is InChI=1S/C56H76N10O10/c1-31(57-9)47(67)63-45(55(3,4)5)53(73)65-29-35(27-41(65)51(71)61-39-23-25-75-43-17-13-11-15-37(39)43)59-49(69)33-19-21-34(22-20-33)50(70)60-36-28-42(52(72)62-40-24-26-76-44-18-14-12-16-38(40)44)66(30-36)54(74)46(56(6,7)8)64-48(68)32(2)58-10/h11-22,31-32,35-36,39-42,45-46,57-58H,23-30H2,1-10H3,(H,59,69)(H,60,70)(H,61,71)(H,62,72)(H,63,67)(H,64,68)/t31-,32-,35-,36?,39+,40+,41-,42-,45+,46+/m0/s1. The highest BCUT2D eigenvalue weighted by atomic mass is 16.5. The molecular weight excluding hydrogens is 973 g/mol. The van der Waals surface area contributed by atoms with Crippen LogP contribution >= 0.6 is 0 Å². The van der Waals surface area contributed by atoms with Gasteiger partial charge in [0.25, 0.3) is 11.8 Å². The fraction of sp³-hybridized carbons (Fsp3) is 0.536. The number of ether oxygens (including phenoxy) is 2. The molecule has 0 spiro atoms. The van der Waals surface area contributed by atoms with Crippen molar-refractivity contribution in [2.75, 3.05) is 40.4 Å². The monoisotopic (exact) mass is 1050 g/mol. The maximum Gasteiger partial charge on any atom is 0.251 e. The van der Waals surface area contributed by atoms with Crippen LogP contribution in [0.15, 0.2) is 72.8 Å². The minimum absolute atomic E-state index is 0.0161. The third kappa shape index (κ3) is 13.1. The molecule has 410 valence electrons. The van der Waals surface area contributed by atoms with E-state index in [0.29, 0.717) is 37.6 Å². The first-order valence-electron chi connectivity index (χ1n) is 26.3. The Kier molecular flexibility index (Phi) is 17.8. The zero-order chi connectivity index (χ0) is 55.2. The number of hydrogen-bond acceptors (Lipinski definition) is 12. The van der Waals surface area contributed by atoms with E-state index in [-0.39, 0.29) is 61.0 Å². The molecule has 76 heavy (non-hydrogen) atoms. The van der Waals surface area contributed by atoms with Crippen molar-refractivity contribution < 1.29 is 47.8 Å². The molecule has 3 aromatic carbocycles. The molecule has 4 heterocycles. The molecule has 0 aliphatic carbocycles. The average molecular weight is 1050 g/mol. The molecule has 8 amide bonds. The number of nitrogens with one attached hydrogen (secondary N) is 8. The van der Waals surface area contributed by atoms with Crippen LogP contribution in [0, 0.1) is 10.8 Å². The molecule has 3 aromatic rings. The number of likely N-dealkylation sites (tertiary alicyclic amines) is 2. The quantitative estimate of drug-likeness (QED) is 0.103. The summed E-state index contributed by atoms with van der Waals surface area (Å²) in [5.74, 6) is -2.17. The highest BCUT2D eigenvalue weighted by Gasteiger charge is 2.48. The van der Waals surface area contributed by atoms with E-state index in [0.717, 1.165) is 11.1 Å². The fourth-order valence-corrected chi connectivity index (χ4v) is 10.1. The molecule has 4 aliphatic rings. The largest absolute Gasteiger partial charge is 0.493 e. The van der Waals surface area contributed by atoms with Crippen LogP contribution in [0.25, 0.3) is 0 Å². The zero-order valence-corrected chi connectivity index (χ0v) is 45.3. The molecule has 7 rings (SSSR count). The first-order chi connectivity index (χ1) is 36.0. The van der Waals surface area contributed by atoms with E-state index in [4.69, 9.17) is 9.47 Å². The van der Waals surface area contributed by atoms with Crippen molar-refractivity contribution in [2.24, 2.45) is 10.8 Å². The topological polar surface area (TPSA) is 258 Å². The molecule has 0 bridgehead atoms. The van der Waals surface area contributed by atoms with E-state index >= 15 is 0 Å². The summed E-state index contributed by atoms with van der Waals surface area (Å²) in [6.07, 6.45) is 1.21. The molecule has 8 N–H and O–H groups in total. The van der Waals surface area contributed by atoms with E-state index in [9.17, 15) is 38.4 Å². The lowest BCUT2D eigenvalue weighted by Crippen LogP contribution is -2.59. The lowest BCUT2D eigenvalue weighted by atomic mass is 9.85. The maximum atomic E-state index is 14.6. The highest BCUT2D eigenvalue weighted by Crippen LogP contribution is 2.35. The van der Waals surface area contributed by atoms with E-state index in [1.165, 1.54) is 34.1 Å². The van der Waals surface area contributed by atoms with Crippen molar-refractivity contribution in [3.05, 3.63) is 95.1 Å². The third-order valence-corrected chi connectivity index (χ3v) is 14.9. The van der Waals surface area contributed by atoms with Crippen molar-refractivity contribution in [3.63, 3.8) is 0 Å². The van der Waals surface area contributed by atoms with Crippen LogP contribution in [0.4, 0.5) is 0 Å². The predicted octanol–water partition coefficient (Wildman–Crippen LogP) is 2.64. The van der Waals surface area contributed by atoms with Gasteiger partial charge in [0.2, 0.25) is 35.4 Å². The number of likely N-dealkylation sites (N-methyl/N-ethyl adjacent to an activating group) is 2. The van der Waals surface area contributed by atoms with Gasteiger partial charge in [-0.2, -0.15) is 0 Å². The van der Waals surface area contributed by atoms with E-state index < -0.39 is 94.6 Å². The van der Waals surface area contributed by atoms with Crippen molar-refractivity contribution in [2.45, 2.75) is 141 Å².